The molecule has 5 heteroatoms. The number of methoxy groups -OCH3 is 1. The van der Waals surface area contributed by atoms with Gasteiger partial charge in [0.25, 0.3) is 0 Å². The molecule has 0 amide bonds. The van der Waals surface area contributed by atoms with Crippen molar-refractivity contribution in [2.45, 2.75) is 19.6 Å². The number of esters is 1. The summed E-state index contributed by atoms with van der Waals surface area (Å²) in [5.74, 6) is 0.936. The summed E-state index contributed by atoms with van der Waals surface area (Å²) < 4.78 is 16.5. The maximum atomic E-state index is 11.2. The second-order valence-electron chi connectivity index (χ2n) is 4.94. The molecule has 0 saturated heterocycles. The highest BCUT2D eigenvalue weighted by atomic mass is 79.9. The molecule has 23 heavy (non-hydrogen) atoms. The monoisotopic (exact) mass is 378 g/mol. The molecule has 4 nitrogen and oxygen atoms in total. The Morgan fingerprint density at radius 3 is 2.48 bits per heavy atom. The van der Waals surface area contributed by atoms with Crippen LogP contribution in [-0.2, 0) is 16.1 Å². The Morgan fingerprint density at radius 2 is 1.87 bits per heavy atom. The van der Waals surface area contributed by atoms with E-state index in [1.54, 1.807) is 7.11 Å². The summed E-state index contributed by atoms with van der Waals surface area (Å²) in [5.41, 5.74) is 1.93. The van der Waals surface area contributed by atoms with Crippen LogP contribution in [0.4, 0.5) is 0 Å². The molecule has 0 aliphatic rings. The minimum absolute atomic E-state index is 0.321. The molecule has 0 bridgehead atoms. The third-order valence-corrected chi connectivity index (χ3v) is 3.83. The average molecular weight is 379 g/mol. The summed E-state index contributed by atoms with van der Waals surface area (Å²) in [5, 5.41) is 0.514. The number of rotatable bonds is 7. The van der Waals surface area contributed by atoms with Crippen molar-refractivity contribution in [3.8, 4) is 11.5 Å². The summed E-state index contributed by atoms with van der Waals surface area (Å²) in [4.78, 5) is 11.2. The quantitative estimate of drug-likeness (QED) is 0.532. The lowest BCUT2D eigenvalue weighted by Gasteiger charge is -2.17. The Morgan fingerprint density at radius 1 is 1.13 bits per heavy atom. The van der Waals surface area contributed by atoms with Crippen LogP contribution in [0.2, 0.25) is 0 Å². The zero-order valence-electron chi connectivity index (χ0n) is 13.1. The van der Waals surface area contributed by atoms with Gasteiger partial charge in [0.05, 0.1) is 7.11 Å². The molecular formula is C18H19BrO4. The number of hydrogen-bond donors (Lipinski definition) is 0. The first-order valence-corrected chi connectivity index (χ1v) is 8.34. The van der Waals surface area contributed by atoms with E-state index in [0.717, 1.165) is 11.1 Å². The van der Waals surface area contributed by atoms with Crippen LogP contribution in [0, 0.1) is 0 Å². The van der Waals surface area contributed by atoms with Crippen LogP contribution < -0.4 is 9.47 Å². The van der Waals surface area contributed by atoms with Crippen molar-refractivity contribution < 1.29 is 19.0 Å². The van der Waals surface area contributed by atoms with Gasteiger partial charge in [0, 0.05) is 12.3 Å². The minimum atomic E-state index is -0.357. The Labute approximate surface area is 144 Å². The molecule has 2 rings (SSSR count). The average Bonchev–Trinajstić information content (AvgIpc) is 2.58. The van der Waals surface area contributed by atoms with Crippen LogP contribution in [-0.4, -0.2) is 18.4 Å². The van der Waals surface area contributed by atoms with Crippen LogP contribution in [0.25, 0.3) is 0 Å². The number of alkyl halides is 1. The molecule has 0 saturated carbocycles. The van der Waals surface area contributed by atoms with Gasteiger partial charge < -0.3 is 14.2 Å². The van der Waals surface area contributed by atoms with Gasteiger partial charge in [-0.3, -0.25) is 4.79 Å². The topological polar surface area (TPSA) is 44.8 Å². The van der Waals surface area contributed by atoms with Gasteiger partial charge in [-0.05, 0) is 23.3 Å². The van der Waals surface area contributed by atoms with Crippen molar-refractivity contribution in [3.63, 3.8) is 0 Å². The van der Waals surface area contributed by atoms with Crippen LogP contribution >= 0.6 is 15.9 Å². The molecule has 122 valence electrons. The standard InChI is InChI=1S/C18H19BrO4/c1-13(20)23-18(11-19)15-8-9-16(17(10-15)21-2)22-12-14-6-4-3-5-7-14/h3-10,18H,11-12H2,1-2H3/t18-/m1/s1. The molecular weight excluding hydrogens is 360 g/mol. The maximum Gasteiger partial charge on any atom is 0.303 e. The lowest BCUT2D eigenvalue weighted by atomic mass is 10.1. The zero-order valence-corrected chi connectivity index (χ0v) is 14.7. The summed E-state index contributed by atoms with van der Waals surface area (Å²) in [6.07, 6.45) is -0.357. The Bertz CT molecular complexity index is 643. The van der Waals surface area contributed by atoms with Gasteiger partial charge in [-0.2, -0.15) is 0 Å². The first-order valence-electron chi connectivity index (χ1n) is 7.22. The van der Waals surface area contributed by atoms with Gasteiger partial charge in [0.15, 0.2) is 11.5 Å². The Balaban J connectivity index is 2.14. The maximum absolute atomic E-state index is 11.2. The van der Waals surface area contributed by atoms with Crippen molar-refractivity contribution in [3.05, 3.63) is 59.7 Å². The van der Waals surface area contributed by atoms with E-state index < -0.39 is 0 Å². The van der Waals surface area contributed by atoms with E-state index in [2.05, 4.69) is 15.9 Å². The molecule has 0 aliphatic heterocycles. The van der Waals surface area contributed by atoms with Crippen molar-refractivity contribution >= 4 is 21.9 Å². The van der Waals surface area contributed by atoms with Crippen LogP contribution in [0.15, 0.2) is 48.5 Å². The molecule has 0 heterocycles. The van der Waals surface area contributed by atoms with Gasteiger partial charge in [-0.15, -0.1) is 0 Å². The van der Waals surface area contributed by atoms with Crippen molar-refractivity contribution in [2.75, 3.05) is 12.4 Å². The lowest BCUT2D eigenvalue weighted by Crippen LogP contribution is -2.10. The molecule has 0 aliphatic carbocycles. The molecule has 0 N–H and O–H groups in total. The molecule has 2 aromatic carbocycles. The van der Waals surface area contributed by atoms with E-state index in [-0.39, 0.29) is 12.1 Å². The third-order valence-electron chi connectivity index (χ3n) is 3.24. The zero-order chi connectivity index (χ0) is 16.7. The Hall–Kier alpha value is -2.01. The summed E-state index contributed by atoms with van der Waals surface area (Å²) in [7, 11) is 1.59. The number of halogens is 1. The van der Waals surface area contributed by atoms with Crippen molar-refractivity contribution in [1.29, 1.82) is 0 Å². The second kappa shape index (κ2) is 8.58. The van der Waals surface area contributed by atoms with E-state index in [0.29, 0.717) is 23.4 Å². The highest BCUT2D eigenvalue weighted by Gasteiger charge is 2.16. The van der Waals surface area contributed by atoms with Gasteiger partial charge in [-0.1, -0.05) is 52.3 Å². The fourth-order valence-corrected chi connectivity index (χ4v) is 2.63. The summed E-state index contributed by atoms with van der Waals surface area (Å²) >= 11 is 3.36. The molecule has 0 aromatic heterocycles. The summed E-state index contributed by atoms with van der Waals surface area (Å²) in [6, 6.07) is 15.4. The van der Waals surface area contributed by atoms with E-state index in [1.807, 2.05) is 48.5 Å². The van der Waals surface area contributed by atoms with Gasteiger partial charge in [0.2, 0.25) is 0 Å². The van der Waals surface area contributed by atoms with E-state index in [9.17, 15) is 4.79 Å². The first kappa shape index (κ1) is 17.3. The van der Waals surface area contributed by atoms with Gasteiger partial charge in [0.1, 0.15) is 12.7 Å². The lowest BCUT2D eigenvalue weighted by molar-refractivity contribution is -0.145. The van der Waals surface area contributed by atoms with E-state index >= 15 is 0 Å². The third kappa shape index (κ3) is 4.99. The van der Waals surface area contributed by atoms with Gasteiger partial charge >= 0.3 is 5.97 Å². The number of benzene rings is 2. The number of carbonyl (C=O) groups is 1. The summed E-state index contributed by atoms with van der Waals surface area (Å²) in [6.45, 7) is 1.85. The Kier molecular flexibility index (Phi) is 6.47. The molecule has 0 fully saturated rings. The fraction of sp³-hybridized carbons (Fsp3) is 0.278. The molecule has 0 unspecified atom stereocenters. The highest BCUT2D eigenvalue weighted by Crippen LogP contribution is 2.32. The number of hydrogen-bond acceptors (Lipinski definition) is 4. The predicted octanol–water partition coefficient (Wildman–Crippen LogP) is 4.27. The molecule has 2 aromatic rings. The first-order chi connectivity index (χ1) is 11.1. The molecule has 0 spiro atoms. The fourth-order valence-electron chi connectivity index (χ4n) is 2.13. The van der Waals surface area contributed by atoms with Crippen LogP contribution in [0.1, 0.15) is 24.2 Å². The number of carbonyl (C=O) groups excluding carboxylic acids is 1. The highest BCUT2D eigenvalue weighted by molar-refractivity contribution is 9.09. The normalized spacial score (nSPS) is 11.6. The predicted molar refractivity (Wildman–Crippen MR) is 92.1 cm³/mol. The smallest absolute Gasteiger partial charge is 0.303 e. The van der Waals surface area contributed by atoms with Crippen LogP contribution in [0.5, 0.6) is 11.5 Å². The molecule has 0 radical (unpaired) electrons. The van der Waals surface area contributed by atoms with E-state index in [1.165, 1.54) is 6.92 Å². The second-order valence-corrected chi connectivity index (χ2v) is 5.58. The SMILES string of the molecule is COc1cc([C@@H](CBr)OC(C)=O)ccc1OCc1ccccc1. The van der Waals surface area contributed by atoms with Crippen molar-refractivity contribution in [2.24, 2.45) is 0 Å². The largest absolute Gasteiger partial charge is 0.493 e. The van der Waals surface area contributed by atoms with Gasteiger partial charge in [-0.25, -0.2) is 0 Å². The minimum Gasteiger partial charge on any atom is -0.493 e. The van der Waals surface area contributed by atoms with Crippen LogP contribution in [0.3, 0.4) is 0 Å². The number of ether oxygens (including phenoxy) is 3. The molecule has 1 atom stereocenters. The van der Waals surface area contributed by atoms with E-state index in [4.69, 9.17) is 14.2 Å². The van der Waals surface area contributed by atoms with Crippen molar-refractivity contribution in [1.82, 2.24) is 0 Å².